The Balaban J connectivity index is 2.16. The highest BCUT2D eigenvalue weighted by Gasteiger charge is 2.33. The van der Waals surface area contributed by atoms with Crippen LogP contribution in [0.5, 0.6) is 0 Å². The van der Waals surface area contributed by atoms with Gasteiger partial charge in [0.05, 0.1) is 12.2 Å². The number of ketones is 1. The van der Waals surface area contributed by atoms with E-state index in [-0.39, 0.29) is 24.1 Å². The van der Waals surface area contributed by atoms with Gasteiger partial charge in [-0.05, 0) is 0 Å². The molecule has 0 radical (unpaired) electrons. The Bertz CT molecular complexity index is 222. The SMILES string of the molecule is CO[C@@H]1CC(=O)C[C@H]2C=C[C@@H]1O2. The van der Waals surface area contributed by atoms with Gasteiger partial charge < -0.3 is 9.47 Å². The molecule has 0 aromatic heterocycles. The van der Waals surface area contributed by atoms with E-state index in [0.29, 0.717) is 12.8 Å². The van der Waals surface area contributed by atoms with Crippen molar-refractivity contribution >= 4 is 5.78 Å². The Morgan fingerprint density at radius 3 is 3.08 bits per heavy atom. The number of methoxy groups -OCH3 is 1. The molecule has 2 bridgehead atoms. The largest absolute Gasteiger partial charge is 0.378 e. The Morgan fingerprint density at radius 2 is 2.33 bits per heavy atom. The number of rotatable bonds is 1. The fraction of sp³-hybridized carbons (Fsp3) is 0.667. The summed E-state index contributed by atoms with van der Waals surface area (Å²) in [6.45, 7) is 0. The van der Waals surface area contributed by atoms with Crippen molar-refractivity contribution in [3.63, 3.8) is 0 Å². The maximum absolute atomic E-state index is 11.2. The number of fused-ring (bicyclic) bond motifs is 2. The summed E-state index contributed by atoms with van der Waals surface area (Å²) < 4.78 is 10.7. The van der Waals surface area contributed by atoms with Crippen molar-refractivity contribution in [3.05, 3.63) is 12.2 Å². The summed E-state index contributed by atoms with van der Waals surface area (Å²) in [5.41, 5.74) is 0. The molecule has 0 aliphatic carbocycles. The molecule has 66 valence electrons. The summed E-state index contributed by atoms with van der Waals surface area (Å²) in [5.74, 6) is 0.235. The second-order valence-electron chi connectivity index (χ2n) is 3.25. The van der Waals surface area contributed by atoms with Crippen molar-refractivity contribution in [2.45, 2.75) is 31.2 Å². The first-order valence-corrected chi connectivity index (χ1v) is 4.18. The summed E-state index contributed by atoms with van der Waals surface area (Å²) in [6.07, 6.45) is 4.85. The first kappa shape index (κ1) is 7.95. The monoisotopic (exact) mass is 168 g/mol. The zero-order chi connectivity index (χ0) is 8.55. The van der Waals surface area contributed by atoms with Crippen molar-refractivity contribution in [2.75, 3.05) is 7.11 Å². The van der Waals surface area contributed by atoms with Gasteiger partial charge >= 0.3 is 0 Å². The summed E-state index contributed by atoms with van der Waals surface area (Å²) >= 11 is 0. The second kappa shape index (κ2) is 2.99. The summed E-state index contributed by atoms with van der Waals surface area (Å²) in [5, 5.41) is 0. The van der Waals surface area contributed by atoms with Gasteiger partial charge in [0, 0.05) is 20.0 Å². The van der Waals surface area contributed by atoms with Gasteiger partial charge in [-0.25, -0.2) is 0 Å². The molecule has 0 N–H and O–H groups in total. The van der Waals surface area contributed by atoms with E-state index >= 15 is 0 Å². The molecule has 12 heavy (non-hydrogen) atoms. The lowest BCUT2D eigenvalue weighted by atomic mass is 10.0. The van der Waals surface area contributed by atoms with Crippen LogP contribution < -0.4 is 0 Å². The molecule has 0 amide bonds. The molecule has 2 heterocycles. The number of hydrogen-bond acceptors (Lipinski definition) is 3. The number of carbonyl (C=O) groups is 1. The molecule has 0 aromatic carbocycles. The van der Waals surface area contributed by atoms with Gasteiger partial charge in [0.2, 0.25) is 0 Å². The molecule has 0 saturated carbocycles. The number of Topliss-reactive ketones (excluding diaryl/α,β-unsaturated/α-hetero) is 1. The number of hydrogen-bond donors (Lipinski definition) is 0. The lowest BCUT2D eigenvalue weighted by Gasteiger charge is -2.17. The fourth-order valence-electron chi connectivity index (χ4n) is 1.72. The molecule has 0 aromatic rings. The molecular weight excluding hydrogens is 156 g/mol. The molecule has 1 saturated heterocycles. The Kier molecular flexibility index (Phi) is 1.98. The molecule has 1 fully saturated rings. The molecule has 2 rings (SSSR count). The van der Waals surface area contributed by atoms with Crippen molar-refractivity contribution in [2.24, 2.45) is 0 Å². The summed E-state index contributed by atoms with van der Waals surface area (Å²) in [7, 11) is 1.62. The molecular formula is C9H12O3. The van der Waals surface area contributed by atoms with Crippen LogP contribution in [-0.2, 0) is 14.3 Å². The van der Waals surface area contributed by atoms with E-state index in [4.69, 9.17) is 9.47 Å². The Morgan fingerprint density at radius 1 is 1.50 bits per heavy atom. The minimum atomic E-state index is -0.0822. The van der Waals surface area contributed by atoms with Crippen molar-refractivity contribution in [1.82, 2.24) is 0 Å². The predicted molar refractivity (Wildman–Crippen MR) is 42.8 cm³/mol. The average Bonchev–Trinajstić information content (AvgIpc) is 2.40. The van der Waals surface area contributed by atoms with Crippen LogP contribution >= 0.6 is 0 Å². The highest BCUT2D eigenvalue weighted by atomic mass is 16.5. The minimum Gasteiger partial charge on any atom is -0.378 e. The van der Waals surface area contributed by atoms with E-state index in [1.165, 1.54) is 0 Å². The summed E-state index contributed by atoms with van der Waals surface area (Å²) in [6, 6.07) is 0. The van der Waals surface area contributed by atoms with Gasteiger partial charge in [-0.3, -0.25) is 4.79 Å². The van der Waals surface area contributed by atoms with Crippen LogP contribution in [0, 0.1) is 0 Å². The fourth-order valence-corrected chi connectivity index (χ4v) is 1.72. The van der Waals surface area contributed by atoms with Crippen LogP contribution in [0.1, 0.15) is 12.8 Å². The molecule has 3 atom stereocenters. The van der Waals surface area contributed by atoms with Gasteiger partial charge in [0.1, 0.15) is 11.9 Å². The third-order valence-corrected chi connectivity index (χ3v) is 2.37. The molecule has 2 aliphatic rings. The third kappa shape index (κ3) is 1.30. The van der Waals surface area contributed by atoms with Gasteiger partial charge in [0.25, 0.3) is 0 Å². The molecule has 0 unspecified atom stereocenters. The summed E-state index contributed by atoms with van der Waals surface area (Å²) in [4.78, 5) is 11.2. The van der Waals surface area contributed by atoms with Crippen LogP contribution in [0.25, 0.3) is 0 Å². The number of carbonyl (C=O) groups excluding carboxylic acids is 1. The number of ether oxygens (including phenoxy) is 2. The molecule has 3 heteroatoms. The van der Waals surface area contributed by atoms with Gasteiger partial charge in [0.15, 0.2) is 0 Å². The highest BCUT2D eigenvalue weighted by Crippen LogP contribution is 2.25. The Hall–Kier alpha value is -0.670. The molecule has 0 spiro atoms. The predicted octanol–water partition coefficient (Wildman–Crippen LogP) is 0.688. The maximum atomic E-state index is 11.2. The van der Waals surface area contributed by atoms with E-state index in [2.05, 4.69) is 0 Å². The van der Waals surface area contributed by atoms with Gasteiger partial charge in [-0.15, -0.1) is 0 Å². The Labute approximate surface area is 71.3 Å². The second-order valence-corrected chi connectivity index (χ2v) is 3.25. The van der Waals surface area contributed by atoms with E-state index in [9.17, 15) is 4.79 Å². The minimum absolute atomic E-state index is 0.00245. The van der Waals surface area contributed by atoms with E-state index < -0.39 is 0 Å². The van der Waals surface area contributed by atoms with Crippen molar-refractivity contribution < 1.29 is 14.3 Å². The lowest BCUT2D eigenvalue weighted by Crippen LogP contribution is -2.27. The van der Waals surface area contributed by atoms with E-state index in [1.807, 2.05) is 12.2 Å². The zero-order valence-corrected chi connectivity index (χ0v) is 7.03. The average molecular weight is 168 g/mol. The van der Waals surface area contributed by atoms with Crippen LogP contribution in [0.15, 0.2) is 12.2 Å². The first-order valence-electron chi connectivity index (χ1n) is 4.18. The lowest BCUT2D eigenvalue weighted by molar-refractivity contribution is -0.121. The topological polar surface area (TPSA) is 35.5 Å². The zero-order valence-electron chi connectivity index (χ0n) is 7.03. The van der Waals surface area contributed by atoms with E-state index in [1.54, 1.807) is 7.11 Å². The molecule has 2 aliphatic heterocycles. The smallest absolute Gasteiger partial charge is 0.138 e. The van der Waals surface area contributed by atoms with E-state index in [0.717, 1.165) is 0 Å². The van der Waals surface area contributed by atoms with Crippen LogP contribution in [0.3, 0.4) is 0 Å². The van der Waals surface area contributed by atoms with Crippen LogP contribution in [-0.4, -0.2) is 31.2 Å². The third-order valence-electron chi connectivity index (χ3n) is 2.37. The first-order chi connectivity index (χ1) is 5.79. The molecule has 3 nitrogen and oxygen atoms in total. The van der Waals surface area contributed by atoms with Crippen molar-refractivity contribution in [1.29, 1.82) is 0 Å². The van der Waals surface area contributed by atoms with Crippen LogP contribution in [0.4, 0.5) is 0 Å². The maximum Gasteiger partial charge on any atom is 0.138 e. The normalized spacial score (nSPS) is 40.1. The highest BCUT2D eigenvalue weighted by molar-refractivity contribution is 5.80. The van der Waals surface area contributed by atoms with Gasteiger partial charge in [-0.1, -0.05) is 12.2 Å². The standard InChI is InChI=1S/C9H12O3/c1-11-9-5-6(10)4-7-2-3-8(9)12-7/h2-3,7-9H,4-5H2,1H3/t7-,8+,9-/m1/s1. The van der Waals surface area contributed by atoms with Crippen LogP contribution in [0.2, 0.25) is 0 Å². The van der Waals surface area contributed by atoms with Crippen molar-refractivity contribution in [3.8, 4) is 0 Å². The van der Waals surface area contributed by atoms with Gasteiger partial charge in [-0.2, -0.15) is 0 Å². The quantitative estimate of drug-likeness (QED) is 0.540.